The lowest BCUT2D eigenvalue weighted by atomic mass is 10.3. The van der Waals surface area contributed by atoms with Gasteiger partial charge in [0.05, 0.1) is 4.92 Å². The van der Waals surface area contributed by atoms with E-state index in [0.29, 0.717) is 24.5 Å². The Kier molecular flexibility index (Phi) is 4.56. The van der Waals surface area contributed by atoms with Crippen LogP contribution < -0.4 is 0 Å². The highest BCUT2D eigenvalue weighted by Gasteiger charge is 2.25. The summed E-state index contributed by atoms with van der Waals surface area (Å²) < 4.78 is 1.43. The number of piperazine rings is 1. The van der Waals surface area contributed by atoms with E-state index in [1.54, 1.807) is 18.7 Å². The molecule has 1 aliphatic heterocycles. The van der Waals surface area contributed by atoms with Crippen LogP contribution in [-0.4, -0.2) is 63.1 Å². The normalized spacial score (nSPS) is 16.2. The standard InChI is InChI=1S/C13H21N5O3/c1-4-15-5-7-16(8-6-15)12(19)9-17-11(3)13(18(20)21)10(2)14-17/h4-9H2,1-3H3. The zero-order valence-corrected chi connectivity index (χ0v) is 12.7. The van der Waals surface area contributed by atoms with Crippen molar-refractivity contribution < 1.29 is 9.72 Å². The van der Waals surface area contributed by atoms with Gasteiger partial charge in [0.25, 0.3) is 0 Å². The number of likely N-dealkylation sites (N-methyl/N-ethyl adjacent to an activating group) is 1. The maximum absolute atomic E-state index is 12.3. The first kappa shape index (κ1) is 15.4. The van der Waals surface area contributed by atoms with E-state index in [1.807, 2.05) is 0 Å². The fraction of sp³-hybridized carbons (Fsp3) is 0.692. The smallest absolute Gasteiger partial charge is 0.312 e. The molecule has 0 spiro atoms. The predicted octanol–water partition coefficient (Wildman–Crippen LogP) is 0.572. The number of aryl methyl sites for hydroxylation is 1. The molecule has 1 aromatic heterocycles. The Balaban J connectivity index is 2.04. The van der Waals surface area contributed by atoms with Crippen LogP contribution in [0.3, 0.4) is 0 Å². The third-order valence-electron chi connectivity index (χ3n) is 3.98. The van der Waals surface area contributed by atoms with Crippen LogP contribution in [0.2, 0.25) is 0 Å². The fourth-order valence-electron chi connectivity index (χ4n) is 2.65. The van der Waals surface area contributed by atoms with Crippen LogP contribution in [0.4, 0.5) is 5.69 Å². The number of amides is 1. The van der Waals surface area contributed by atoms with Gasteiger partial charge in [0.15, 0.2) is 0 Å². The molecule has 116 valence electrons. The molecule has 0 atom stereocenters. The van der Waals surface area contributed by atoms with Crippen molar-refractivity contribution in [3.63, 3.8) is 0 Å². The number of aromatic nitrogens is 2. The minimum Gasteiger partial charge on any atom is -0.339 e. The van der Waals surface area contributed by atoms with Crippen molar-refractivity contribution in [1.29, 1.82) is 0 Å². The minimum atomic E-state index is -0.446. The average molecular weight is 295 g/mol. The minimum absolute atomic E-state index is 0.00129. The topological polar surface area (TPSA) is 84.5 Å². The molecule has 0 aliphatic carbocycles. The van der Waals surface area contributed by atoms with Gasteiger partial charge in [-0.05, 0) is 20.4 Å². The van der Waals surface area contributed by atoms with E-state index >= 15 is 0 Å². The highest BCUT2D eigenvalue weighted by Crippen LogP contribution is 2.21. The molecular formula is C13H21N5O3. The molecule has 8 heteroatoms. The van der Waals surface area contributed by atoms with Crippen molar-refractivity contribution in [3.05, 3.63) is 21.5 Å². The van der Waals surface area contributed by atoms with E-state index < -0.39 is 4.92 Å². The van der Waals surface area contributed by atoms with Crippen LogP contribution >= 0.6 is 0 Å². The second-order valence-corrected chi connectivity index (χ2v) is 5.25. The van der Waals surface area contributed by atoms with Gasteiger partial charge < -0.3 is 9.80 Å². The van der Waals surface area contributed by atoms with Crippen molar-refractivity contribution in [2.75, 3.05) is 32.7 Å². The first-order valence-electron chi connectivity index (χ1n) is 7.12. The van der Waals surface area contributed by atoms with Crippen molar-refractivity contribution in [1.82, 2.24) is 19.6 Å². The number of nitro groups is 1. The van der Waals surface area contributed by atoms with Gasteiger partial charge in [0, 0.05) is 26.2 Å². The highest BCUT2D eigenvalue weighted by molar-refractivity contribution is 5.76. The lowest BCUT2D eigenvalue weighted by Crippen LogP contribution is -2.49. The quantitative estimate of drug-likeness (QED) is 0.599. The Hall–Kier alpha value is -1.96. The number of hydrogen-bond donors (Lipinski definition) is 0. The molecule has 0 aromatic carbocycles. The summed E-state index contributed by atoms with van der Waals surface area (Å²) in [6.07, 6.45) is 0. The molecule has 0 unspecified atom stereocenters. The van der Waals surface area contributed by atoms with Gasteiger partial charge in [-0.15, -0.1) is 0 Å². The molecule has 1 saturated heterocycles. The van der Waals surface area contributed by atoms with Crippen molar-refractivity contribution >= 4 is 11.6 Å². The largest absolute Gasteiger partial charge is 0.339 e. The summed E-state index contributed by atoms with van der Waals surface area (Å²) in [7, 11) is 0. The van der Waals surface area contributed by atoms with Gasteiger partial charge in [-0.3, -0.25) is 19.6 Å². The van der Waals surface area contributed by atoms with Crippen LogP contribution in [0, 0.1) is 24.0 Å². The lowest BCUT2D eigenvalue weighted by Gasteiger charge is -2.34. The van der Waals surface area contributed by atoms with Crippen LogP contribution in [0.1, 0.15) is 18.3 Å². The third-order valence-corrected chi connectivity index (χ3v) is 3.98. The molecule has 8 nitrogen and oxygen atoms in total. The summed E-state index contributed by atoms with van der Waals surface area (Å²) in [4.78, 5) is 26.9. The molecule has 0 bridgehead atoms. The first-order chi connectivity index (χ1) is 9.93. The molecule has 2 heterocycles. The van der Waals surface area contributed by atoms with Crippen molar-refractivity contribution in [2.45, 2.75) is 27.3 Å². The Labute approximate surface area is 123 Å². The number of carbonyl (C=O) groups excluding carboxylic acids is 1. The second kappa shape index (κ2) is 6.21. The summed E-state index contributed by atoms with van der Waals surface area (Å²) in [6, 6.07) is 0. The van der Waals surface area contributed by atoms with E-state index in [0.717, 1.165) is 19.6 Å². The molecule has 0 radical (unpaired) electrons. The fourth-order valence-corrected chi connectivity index (χ4v) is 2.65. The van der Waals surface area contributed by atoms with Crippen LogP contribution in [-0.2, 0) is 11.3 Å². The molecule has 0 saturated carbocycles. The van der Waals surface area contributed by atoms with Gasteiger partial charge in [0.1, 0.15) is 17.9 Å². The SMILES string of the molecule is CCN1CCN(C(=O)Cn2nc(C)c([N+](=O)[O-])c2C)CC1. The van der Waals surface area contributed by atoms with Gasteiger partial charge in [-0.2, -0.15) is 5.10 Å². The second-order valence-electron chi connectivity index (χ2n) is 5.25. The first-order valence-corrected chi connectivity index (χ1v) is 7.12. The zero-order valence-electron chi connectivity index (χ0n) is 12.7. The molecular weight excluding hydrogens is 274 g/mol. The number of nitrogens with zero attached hydrogens (tertiary/aromatic N) is 5. The van der Waals surface area contributed by atoms with Gasteiger partial charge in [0.2, 0.25) is 5.91 Å². The maximum atomic E-state index is 12.3. The molecule has 1 aliphatic rings. The van der Waals surface area contributed by atoms with Crippen molar-refractivity contribution in [3.8, 4) is 0 Å². The van der Waals surface area contributed by atoms with Crippen LogP contribution in [0.25, 0.3) is 0 Å². The van der Waals surface area contributed by atoms with E-state index in [2.05, 4.69) is 16.9 Å². The Morgan fingerprint density at radius 3 is 2.38 bits per heavy atom. The average Bonchev–Trinajstić information content (AvgIpc) is 2.73. The van der Waals surface area contributed by atoms with E-state index in [1.165, 1.54) is 4.68 Å². The predicted molar refractivity (Wildman–Crippen MR) is 77.0 cm³/mol. The Morgan fingerprint density at radius 2 is 1.90 bits per heavy atom. The molecule has 1 aromatic rings. The number of rotatable bonds is 4. The number of hydrogen-bond acceptors (Lipinski definition) is 5. The van der Waals surface area contributed by atoms with Gasteiger partial charge in [-0.1, -0.05) is 6.92 Å². The molecule has 0 N–H and O–H groups in total. The molecule has 1 amide bonds. The monoisotopic (exact) mass is 295 g/mol. The zero-order chi connectivity index (χ0) is 15.6. The highest BCUT2D eigenvalue weighted by atomic mass is 16.6. The maximum Gasteiger partial charge on any atom is 0.312 e. The molecule has 1 fully saturated rings. The van der Waals surface area contributed by atoms with Gasteiger partial charge in [-0.25, -0.2) is 0 Å². The number of carbonyl (C=O) groups is 1. The molecule has 21 heavy (non-hydrogen) atoms. The summed E-state index contributed by atoms with van der Waals surface area (Å²) in [5.74, 6) is -0.0359. The summed E-state index contributed by atoms with van der Waals surface area (Å²) in [6.45, 7) is 9.53. The van der Waals surface area contributed by atoms with Gasteiger partial charge >= 0.3 is 5.69 Å². The van der Waals surface area contributed by atoms with E-state index in [-0.39, 0.29) is 18.1 Å². The van der Waals surface area contributed by atoms with Crippen LogP contribution in [0.15, 0.2) is 0 Å². The third kappa shape index (κ3) is 3.21. The van der Waals surface area contributed by atoms with Crippen molar-refractivity contribution in [2.24, 2.45) is 0 Å². The van der Waals surface area contributed by atoms with Crippen LogP contribution in [0.5, 0.6) is 0 Å². The Bertz CT molecular complexity index is 546. The Morgan fingerprint density at radius 1 is 1.29 bits per heavy atom. The summed E-state index contributed by atoms with van der Waals surface area (Å²) in [5.41, 5.74) is 0.776. The summed E-state index contributed by atoms with van der Waals surface area (Å²) in [5, 5.41) is 15.1. The van der Waals surface area contributed by atoms with E-state index in [9.17, 15) is 14.9 Å². The summed E-state index contributed by atoms with van der Waals surface area (Å²) >= 11 is 0. The van der Waals surface area contributed by atoms with E-state index in [4.69, 9.17) is 0 Å². The molecule has 2 rings (SSSR count). The lowest BCUT2D eigenvalue weighted by molar-refractivity contribution is -0.386.